The first-order valence-electron chi connectivity index (χ1n) is 53.1. The molecule has 0 aromatic rings. The predicted molar refractivity (Wildman–Crippen MR) is 514 cm³/mol. The fourth-order valence-electron chi connectivity index (χ4n) is 19.9. The van der Waals surface area contributed by atoms with Gasteiger partial charge in [0, 0.05) is 33.6 Å². The van der Waals surface area contributed by atoms with Crippen LogP contribution in [0.25, 0.3) is 0 Å². The summed E-state index contributed by atoms with van der Waals surface area (Å²) in [6, 6.07) is -7.23. The number of allylic oxidation sites excluding steroid dienone is 3. The third-order valence-corrected chi connectivity index (χ3v) is 28.4. The van der Waals surface area contributed by atoms with Gasteiger partial charge in [-0.05, 0) is 51.9 Å². The number of hydrogen-bond acceptors (Lipinski definition) is 44. The van der Waals surface area contributed by atoms with E-state index in [1.165, 1.54) is 116 Å². The lowest BCUT2D eigenvalue weighted by Gasteiger charge is -2.53. The minimum atomic E-state index is -3.52. The maximum atomic E-state index is 14.2. The van der Waals surface area contributed by atoms with Crippen molar-refractivity contribution in [1.82, 2.24) is 21.3 Å². The zero-order chi connectivity index (χ0) is 109. The Morgan fingerprint density at radius 3 is 1.21 bits per heavy atom. The van der Waals surface area contributed by atoms with Gasteiger partial charge in [0.2, 0.25) is 23.6 Å². The first kappa shape index (κ1) is 128. The summed E-state index contributed by atoms with van der Waals surface area (Å²) < 4.78 is 97.9. The van der Waals surface area contributed by atoms with Crippen LogP contribution in [-0.2, 0) is 99.8 Å². The molecule has 8 saturated heterocycles. The zero-order valence-corrected chi connectivity index (χ0v) is 85.9. The van der Waals surface area contributed by atoms with Crippen LogP contribution in [0.5, 0.6) is 0 Å². The number of nitrogens with one attached hydrogen (secondary N) is 4. The molecule has 4 amide bonds. The molecule has 0 radical (unpaired) electrons. The summed E-state index contributed by atoms with van der Waals surface area (Å²) in [5.74, 6) is -9.18. The number of aliphatic carboxylic acids is 1. The molecule has 8 rings (SSSR count). The van der Waals surface area contributed by atoms with Gasteiger partial charge in [-0.25, -0.2) is 4.79 Å². The van der Waals surface area contributed by atoms with E-state index in [1.54, 1.807) is 6.08 Å². The van der Waals surface area contributed by atoms with Crippen LogP contribution in [0.3, 0.4) is 0 Å². The van der Waals surface area contributed by atoms with Crippen LogP contribution in [-0.4, -0.2) is 468 Å². The number of carbonyl (C=O) groups is 5. The minimum Gasteiger partial charge on any atom is -0.477 e. The average Bonchev–Trinajstić information content (AvgIpc) is 0.743. The Bertz CT molecular complexity index is 3790. The van der Waals surface area contributed by atoms with Gasteiger partial charge in [0.1, 0.15) is 183 Å². The second-order valence-corrected chi connectivity index (χ2v) is 40.2. The van der Waals surface area contributed by atoms with E-state index in [1.807, 2.05) is 0 Å². The Kier molecular flexibility index (Phi) is 57.3. The van der Waals surface area contributed by atoms with Crippen molar-refractivity contribution in [2.75, 3.05) is 52.9 Å². The van der Waals surface area contributed by atoms with Crippen LogP contribution >= 0.6 is 0 Å². The molecule has 0 aromatic carbocycles. The Hall–Kier alpha value is -4.73. The molecule has 0 aromatic heterocycles. The molecule has 49 heteroatoms. The summed E-state index contributed by atoms with van der Waals surface area (Å²) in [4.78, 5) is 68.0. The number of rotatable bonds is 66. The van der Waals surface area contributed by atoms with Gasteiger partial charge in [0.15, 0.2) is 44.0 Å². The van der Waals surface area contributed by atoms with Gasteiger partial charge in [-0.2, -0.15) is 0 Å². The molecule has 49 nitrogen and oxygen atoms in total. The molecule has 0 saturated carbocycles. The SMILES string of the molecule is CCCCCCCC/C=C\CCCCCCCCCCCCCC(=O)N[C@@H](CO[C@@H]1OC(CO)[C@@H](O[C@@H]2OC(CO)[C@H](O[C@@H]3OC(CO)[C@H](O)[C@H](O[C@@H]4OC(CO)[C@H](O)[C@H](O[C@@H]5OC(CO)[C@@H](O[C@@H]6OC(CO)[C@H](O)[C@H](O)C6O)[C@H](O[C@H]6OC(C)[C@@H](O)C(O)[C@@H]6O)C5NC(C)=O)C4O)C3NC(C)=O)[C@H](O[C@]3(C(=O)O)CC(O)[C@@H](NC(C)=O)C([C@H](O)[C@H](O)CO)O3)C2O)[C@H](O)C1O)[C@H](O)/C=C/CCCCCCCCCCCCC. The molecule has 0 bridgehead atoms. The van der Waals surface area contributed by atoms with Crippen molar-refractivity contribution >= 4 is 29.6 Å². The standard InChI is InChI=1S/C99H174N4O45/c1-7-9-11-13-15-17-19-21-22-23-24-25-26-27-28-30-32-34-36-38-40-42-66(117)103-56(57(114)41-39-37-35-33-31-29-20-18-16-14-12-10-8-2)51-133-93-80(128)77(125)83(63(48-108)139-93)141-97-82(130)90(148-99(98(131)132)43-58(115)67(100-53(4)111)87(147-99)71(119)59(116)44-104)85(65(50-110)140-97)142-91-68(101-54(5)112)86(73(121)61(46-106)135-91)144-96-81(129)89(74(122)62(47-107)137-96)146-92-69(102-55(6)113)88(145-94-78(126)75(123)70(118)52(3)134-94)84(64(49-109)138-92)143-95-79(127)76(124)72(120)60(45-105)136-95/h21-22,39,41,52,56-65,67-97,104-110,114-116,118-130H,7-20,23-38,40,42-51H2,1-6H3,(H,100,111)(H,101,112)(H,102,113)(H,103,117)(H,131,132)/b22-21-,41-39+/t52?,56-,57+,58?,59+,60?,61?,62?,63?,64?,65?,67+,68?,69?,70+,71+,72-,73-,74-,75?,76-,77+,78-,79?,80?,81?,82?,83+,84+,85-,86+,87?,88+,89-,90+,91-,92-,93+,94+,95-,96-,97-,99-/m0/s1. The molecule has 8 aliphatic rings. The van der Waals surface area contributed by atoms with E-state index in [2.05, 4.69) is 47.3 Å². The van der Waals surface area contributed by atoms with Crippen molar-refractivity contribution in [2.24, 2.45) is 0 Å². The highest BCUT2D eigenvalue weighted by atomic mass is 16.8. The summed E-state index contributed by atoms with van der Waals surface area (Å²) >= 11 is 0. The topological polar surface area (TPSA) is 767 Å². The predicted octanol–water partition coefficient (Wildman–Crippen LogP) is -4.28. The number of unbranched alkanes of at least 4 members (excludes halogenated alkanes) is 28. The highest BCUT2D eigenvalue weighted by Gasteiger charge is 2.64. The van der Waals surface area contributed by atoms with Crippen molar-refractivity contribution in [1.29, 1.82) is 0 Å². The van der Waals surface area contributed by atoms with E-state index >= 15 is 0 Å². The van der Waals surface area contributed by atoms with Crippen LogP contribution in [0.1, 0.15) is 253 Å². The van der Waals surface area contributed by atoms with Gasteiger partial charge in [-0.1, -0.05) is 192 Å². The second kappa shape index (κ2) is 66.1. The second-order valence-electron chi connectivity index (χ2n) is 40.2. The molecule has 8 heterocycles. The summed E-state index contributed by atoms with van der Waals surface area (Å²) in [5, 5.41) is 284. The number of amides is 4. The van der Waals surface area contributed by atoms with E-state index in [9.17, 15) is 147 Å². The molecule has 43 atom stereocenters. The number of carboxylic acid groups (broad SMARTS) is 1. The molecular formula is C99H174N4O45. The zero-order valence-electron chi connectivity index (χ0n) is 85.9. The maximum Gasteiger partial charge on any atom is 0.364 e. The molecule has 0 spiro atoms. The number of hydrogen-bond donors (Lipinski definition) is 28. The number of aliphatic hydroxyl groups excluding tert-OH is 23. The number of ether oxygens (including phenoxy) is 16. The summed E-state index contributed by atoms with van der Waals surface area (Å²) in [5.41, 5.74) is 0. The number of carboxylic acids is 1. The normalized spacial score (nSPS) is 37.8. The number of carbonyl (C=O) groups excluding carboxylic acids is 4. The molecule has 0 aliphatic carbocycles. The van der Waals surface area contributed by atoms with Gasteiger partial charge < -0.3 is 220 Å². The molecule has 8 aliphatic heterocycles. The Morgan fingerprint density at radius 1 is 0.365 bits per heavy atom. The van der Waals surface area contributed by atoms with Crippen molar-refractivity contribution in [3.05, 3.63) is 24.3 Å². The summed E-state index contributed by atoms with van der Waals surface area (Å²) in [7, 11) is 0. The summed E-state index contributed by atoms with van der Waals surface area (Å²) in [6.07, 6.45) is -40.7. The van der Waals surface area contributed by atoms with Crippen LogP contribution in [0.4, 0.5) is 0 Å². The molecule has 16 unspecified atom stereocenters. The van der Waals surface area contributed by atoms with Crippen LogP contribution < -0.4 is 21.3 Å². The Morgan fingerprint density at radius 2 is 0.723 bits per heavy atom. The highest BCUT2D eigenvalue weighted by Crippen LogP contribution is 2.44. The number of aliphatic hydroxyl groups is 23. The molecule has 28 N–H and O–H groups in total. The van der Waals surface area contributed by atoms with Crippen molar-refractivity contribution in [3.8, 4) is 0 Å². The van der Waals surface area contributed by atoms with E-state index in [0.29, 0.717) is 12.8 Å². The van der Waals surface area contributed by atoms with Gasteiger partial charge >= 0.3 is 5.97 Å². The Labute approximate surface area is 863 Å². The monoisotopic (exact) mass is 2140 g/mol. The highest BCUT2D eigenvalue weighted by molar-refractivity contribution is 5.77. The first-order valence-corrected chi connectivity index (χ1v) is 53.1. The van der Waals surface area contributed by atoms with Gasteiger partial charge in [0.25, 0.3) is 5.79 Å². The third-order valence-electron chi connectivity index (χ3n) is 28.4. The fourth-order valence-corrected chi connectivity index (χ4v) is 19.9. The van der Waals surface area contributed by atoms with Gasteiger partial charge in [-0.15, -0.1) is 0 Å². The van der Waals surface area contributed by atoms with E-state index in [0.717, 1.165) is 104 Å². The van der Waals surface area contributed by atoms with Crippen LogP contribution in [0, 0.1) is 0 Å². The molecule has 148 heavy (non-hydrogen) atoms. The van der Waals surface area contributed by atoms with Crippen LogP contribution in [0.2, 0.25) is 0 Å². The Balaban J connectivity index is 1.04. The maximum absolute atomic E-state index is 14.2. The average molecular weight is 2140 g/mol. The lowest BCUT2D eigenvalue weighted by atomic mass is 9.88. The lowest BCUT2D eigenvalue weighted by Crippen LogP contribution is -2.72. The van der Waals surface area contributed by atoms with Gasteiger partial charge in [0.05, 0.1) is 83.3 Å². The van der Waals surface area contributed by atoms with Crippen LogP contribution in [0.15, 0.2) is 24.3 Å². The quantitative estimate of drug-likeness (QED) is 0.0202. The summed E-state index contributed by atoms with van der Waals surface area (Å²) in [6.45, 7) is -0.610. The van der Waals surface area contributed by atoms with Crippen molar-refractivity contribution < 1.29 is 222 Å². The minimum absolute atomic E-state index is 0.0817. The molecule has 860 valence electrons. The molecular weight excluding hydrogens is 1970 g/mol. The van der Waals surface area contributed by atoms with Crippen molar-refractivity contribution in [3.63, 3.8) is 0 Å². The lowest BCUT2D eigenvalue weighted by molar-refractivity contribution is -0.405. The third kappa shape index (κ3) is 37.2. The largest absolute Gasteiger partial charge is 0.477 e. The van der Waals surface area contributed by atoms with E-state index < -0.39 is 352 Å². The fraction of sp³-hybridized carbons (Fsp3) is 0.909. The van der Waals surface area contributed by atoms with Crippen molar-refractivity contribution in [2.45, 2.75) is 517 Å². The van der Waals surface area contributed by atoms with Gasteiger partial charge in [-0.3, -0.25) is 19.2 Å². The smallest absolute Gasteiger partial charge is 0.364 e. The first-order chi connectivity index (χ1) is 70.8. The molecule has 8 fully saturated rings. The van der Waals surface area contributed by atoms with E-state index in [-0.39, 0.29) is 6.42 Å². The van der Waals surface area contributed by atoms with E-state index in [4.69, 9.17) is 75.8 Å².